The largest absolute Gasteiger partial charge is 0.495 e. The smallest absolute Gasteiger partial charge is 0.276 e. The number of rotatable bonds is 7. The van der Waals surface area contributed by atoms with Gasteiger partial charge in [0.05, 0.1) is 26.0 Å². The molecule has 8 nitrogen and oxygen atoms in total. The van der Waals surface area contributed by atoms with Crippen molar-refractivity contribution in [2.45, 2.75) is 0 Å². The molecule has 0 spiro atoms. The van der Waals surface area contributed by atoms with Crippen molar-refractivity contribution in [3.63, 3.8) is 0 Å². The summed E-state index contributed by atoms with van der Waals surface area (Å²) in [6.45, 7) is 5.17. The normalized spacial score (nSPS) is 14.7. The molecule has 26 heavy (non-hydrogen) atoms. The Hall–Kier alpha value is -2.71. The Bertz CT molecular complexity index is 717. The maximum atomic E-state index is 12.3. The molecule has 3 rings (SSSR count). The van der Waals surface area contributed by atoms with Gasteiger partial charge >= 0.3 is 0 Å². The standard InChI is InChI=1S/C18H23N5O3/c1-25-16-5-3-2-4-14(16)20-18(24)15-6-7-17(22-21-15)19-8-9-23-10-12-26-13-11-23/h2-7H,8-13H2,1H3,(H,19,22)(H,20,24). The Morgan fingerprint density at radius 1 is 1.19 bits per heavy atom. The van der Waals surface area contributed by atoms with E-state index in [9.17, 15) is 4.79 Å². The second kappa shape index (κ2) is 9.12. The number of nitrogens with zero attached hydrogens (tertiary/aromatic N) is 3. The average Bonchev–Trinajstić information content (AvgIpc) is 2.70. The van der Waals surface area contributed by atoms with Gasteiger partial charge in [-0.05, 0) is 24.3 Å². The third-order valence-corrected chi connectivity index (χ3v) is 4.09. The van der Waals surface area contributed by atoms with E-state index in [-0.39, 0.29) is 11.6 Å². The molecule has 0 saturated carbocycles. The number of carbonyl (C=O) groups is 1. The fourth-order valence-corrected chi connectivity index (χ4v) is 2.65. The summed E-state index contributed by atoms with van der Waals surface area (Å²) in [5.41, 5.74) is 0.837. The minimum absolute atomic E-state index is 0.245. The molecule has 0 atom stereocenters. The van der Waals surface area contributed by atoms with Gasteiger partial charge in [0.15, 0.2) is 5.69 Å². The van der Waals surface area contributed by atoms with Crippen molar-refractivity contribution in [1.29, 1.82) is 0 Å². The monoisotopic (exact) mass is 357 g/mol. The van der Waals surface area contributed by atoms with Crippen molar-refractivity contribution in [2.75, 3.05) is 57.1 Å². The van der Waals surface area contributed by atoms with E-state index in [1.165, 1.54) is 0 Å². The molecule has 0 aliphatic carbocycles. The molecule has 1 aromatic heterocycles. The van der Waals surface area contributed by atoms with Crippen LogP contribution in [0.2, 0.25) is 0 Å². The topological polar surface area (TPSA) is 88.6 Å². The van der Waals surface area contributed by atoms with Crippen LogP contribution in [-0.4, -0.2) is 67.5 Å². The quantitative estimate of drug-likeness (QED) is 0.776. The number of methoxy groups -OCH3 is 1. The number of amides is 1. The SMILES string of the molecule is COc1ccccc1NC(=O)c1ccc(NCCN2CCOCC2)nn1. The number of anilines is 2. The van der Waals surface area contributed by atoms with Gasteiger partial charge in [-0.1, -0.05) is 12.1 Å². The van der Waals surface area contributed by atoms with Gasteiger partial charge < -0.3 is 20.1 Å². The van der Waals surface area contributed by atoms with Gasteiger partial charge in [-0.2, -0.15) is 0 Å². The van der Waals surface area contributed by atoms with Crippen LogP contribution >= 0.6 is 0 Å². The van der Waals surface area contributed by atoms with Crippen molar-refractivity contribution >= 4 is 17.4 Å². The Labute approximate surface area is 152 Å². The zero-order valence-electron chi connectivity index (χ0n) is 14.8. The van der Waals surface area contributed by atoms with Gasteiger partial charge in [0.2, 0.25) is 0 Å². The summed E-state index contributed by atoms with van der Waals surface area (Å²) in [4.78, 5) is 14.6. The number of aromatic nitrogens is 2. The molecule has 0 radical (unpaired) electrons. The molecule has 138 valence electrons. The average molecular weight is 357 g/mol. The second-order valence-electron chi connectivity index (χ2n) is 5.84. The van der Waals surface area contributed by atoms with Crippen molar-refractivity contribution in [3.05, 3.63) is 42.1 Å². The summed E-state index contributed by atoms with van der Waals surface area (Å²) in [5.74, 6) is 0.907. The molecule has 0 bridgehead atoms. The summed E-state index contributed by atoms with van der Waals surface area (Å²) in [6.07, 6.45) is 0. The predicted octanol–water partition coefficient (Wildman–Crippen LogP) is 1.48. The van der Waals surface area contributed by atoms with Gasteiger partial charge in [0.1, 0.15) is 11.6 Å². The number of benzene rings is 1. The van der Waals surface area contributed by atoms with Crippen LogP contribution in [0.25, 0.3) is 0 Å². The van der Waals surface area contributed by atoms with Crippen LogP contribution in [0.1, 0.15) is 10.5 Å². The lowest BCUT2D eigenvalue weighted by atomic mass is 10.2. The number of ether oxygens (including phenoxy) is 2. The second-order valence-corrected chi connectivity index (χ2v) is 5.84. The summed E-state index contributed by atoms with van der Waals surface area (Å²) in [5, 5.41) is 14.1. The number of para-hydroxylation sites is 2. The fraction of sp³-hybridized carbons (Fsp3) is 0.389. The lowest BCUT2D eigenvalue weighted by molar-refractivity contribution is 0.0398. The van der Waals surface area contributed by atoms with Crippen LogP contribution < -0.4 is 15.4 Å². The highest BCUT2D eigenvalue weighted by atomic mass is 16.5. The molecule has 2 N–H and O–H groups in total. The molecule has 1 amide bonds. The van der Waals surface area contributed by atoms with Crippen molar-refractivity contribution in [2.24, 2.45) is 0 Å². The van der Waals surface area contributed by atoms with Crippen LogP contribution in [0.5, 0.6) is 5.75 Å². The molecule has 1 aliphatic rings. The minimum atomic E-state index is -0.332. The number of nitrogens with one attached hydrogen (secondary N) is 2. The zero-order valence-corrected chi connectivity index (χ0v) is 14.8. The first-order valence-corrected chi connectivity index (χ1v) is 8.58. The molecule has 1 saturated heterocycles. The molecule has 1 aliphatic heterocycles. The third-order valence-electron chi connectivity index (χ3n) is 4.09. The number of hydrogen-bond donors (Lipinski definition) is 2. The van der Waals surface area contributed by atoms with E-state index < -0.39 is 0 Å². The molecular weight excluding hydrogens is 334 g/mol. The summed E-state index contributed by atoms with van der Waals surface area (Å²) in [6, 6.07) is 10.6. The fourth-order valence-electron chi connectivity index (χ4n) is 2.65. The van der Waals surface area contributed by atoms with E-state index in [0.717, 1.165) is 39.4 Å². The first-order chi connectivity index (χ1) is 12.8. The van der Waals surface area contributed by atoms with Crippen LogP contribution in [0, 0.1) is 0 Å². The van der Waals surface area contributed by atoms with Gasteiger partial charge in [0, 0.05) is 26.2 Å². The minimum Gasteiger partial charge on any atom is -0.495 e. The van der Waals surface area contributed by atoms with E-state index >= 15 is 0 Å². The van der Waals surface area contributed by atoms with Crippen LogP contribution in [0.4, 0.5) is 11.5 Å². The highest BCUT2D eigenvalue weighted by Gasteiger charge is 2.12. The van der Waals surface area contributed by atoms with Crippen molar-refractivity contribution in [1.82, 2.24) is 15.1 Å². The van der Waals surface area contributed by atoms with Crippen LogP contribution in [0.3, 0.4) is 0 Å². The Morgan fingerprint density at radius 3 is 2.73 bits per heavy atom. The summed E-state index contributed by atoms with van der Waals surface area (Å²) in [7, 11) is 1.56. The Balaban J connectivity index is 1.51. The van der Waals surface area contributed by atoms with Crippen LogP contribution in [-0.2, 0) is 4.74 Å². The number of carbonyl (C=O) groups excluding carboxylic acids is 1. The summed E-state index contributed by atoms with van der Waals surface area (Å²) >= 11 is 0. The molecular formula is C18H23N5O3. The molecule has 1 fully saturated rings. The number of hydrogen-bond acceptors (Lipinski definition) is 7. The van der Waals surface area contributed by atoms with E-state index in [1.807, 2.05) is 12.1 Å². The predicted molar refractivity (Wildman–Crippen MR) is 98.7 cm³/mol. The molecule has 0 unspecified atom stereocenters. The molecule has 2 aromatic rings. The van der Waals surface area contributed by atoms with Gasteiger partial charge in [0.25, 0.3) is 5.91 Å². The first-order valence-electron chi connectivity index (χ1n) is 8.58. The molecule has 2 heterocycles. The highest BCUT2D eigenvalue weighted by Crippen LogP contribution is 2.23. The maximum absolute atomic E-state index is 12.3. The van der Waals surface area contributed by atoms with Gasteiger partial charge in [-0.3, -0.25) is 9.69 Å². The zero-order chi connectivity index (χ0) is 18.2. The molecule has 8 heteroatoms. The van der Waals surface area contributed by atoms with E-state index in [1.54, 1.807) is 31.4 Å². The summed E-state index contributed by atoms with van der Waals surface area (Å²) < 4.78 is 10.5. The van der Waals surface area contributed by atoms with Crippen molar-refractivity contribution < 1.29 is 14.3 Å². The van der Waals surface area contributed by atoms with Gasteiger partial charge in [-0.15, -0.1) is 10.2 Å². The van der Waals surface area contributed by atoms with Crippen LogP contribution in [0.15, 0.2) is 36.4 Å². The van der Waals surface area contributed by atoms with Crippen molar-refractivity contribution in [3.8, 4) is 5.75 Å². The highest BCUT2D eigenvalue weighted by molar-refractivity contribution is 6.03. The Morgan fingerprint density at radius 2 is 2.00 bits per heavy atom. The first kappa shape index (κ1) is 18.1. The lowest BCUT2D eigenvalue weighted by Crippen LogP contribution is -2.39. The lowest BCUT2D eigenvalue weighted by Gasteiger charge is -2.26. The van der Waals surface area contributed by atoms with E-state index in [0.29, 0.717) is 17.3 Å². The van der Waals surface area contributed by atoms with E-state index in [4.69, 9.17) is 9.47 Å². The molecule has 1 aromatic carbocycles. The van der Waals surface area contributed by atoms with Gasteiger partial charge in [-0.25, -0.2) is 0 Å². The van der Waals surface area contributed by atoms with E-state index in [2.05, 4.69) is 25.7 Å². The third kappa shape index (κ3) is 4.90. The number of morpholine rings is 1. The maximum Gasteiger partial charge on any atom is 0.276 e. The Kier molecular flexibility index (Phi) is 6.34.